The molecule has 1 unspecified atom stereocenters. The minimum atomic E-state index is -0.577. The number of carbonyl (C=O) groups excluding carboxylic acids is 2. The molecule has 2 N–H and O–H groups in total. The highest BCUT2D eigenvalue weighted by Gasteiger charge is 2.32. The van der Waals surface area contributed by atoms with Crippen molar-refractivity contribution in [1.82, 2.24) is 34.7 Å². The third-order valence-corrected chi connectivity index (χ3v) is 11.9. The molecule has 290 valence electrons. The first-order chi connectivity index (χ1) is 27.4. The number of fused-ring (bicyclic) bond motifs is 1. The van der Waals surface area contributed by atoms with Gasteiger partial charge < -0.3 is 15.1 Å². The summed E-state index contributed by atoms with van der Waals surface area (Å²) in [6, 6.07) is 19.9. The molecule has 5 aromatic rings. The van der Waals surface area contributed by atoms with Crippen molar-refractivity contribution in [3.63, 3.8) is 0 Å². The van der Waals surface area contributed by atoms with Gasteiger partial charge in [0, 0.05) is 75.2 Å². The van der Waals surface area contributed by atoms with Crippen LogP contribution in [-0.4, -0.2) is 99.1 Å². The lowest BCUT2D eigenvalue weighted by Gasteiger charge is -2.43. The number of likely N-dealkylation sites (tertiary alicyclic amines) is 1. The normalized spacial score (nSPS) is 21.5. The fourth-order valence-corrected chi connectivity index (χ4v) is 8.90. The van der Waals surface area contributed by atoms with Gasteiger partial charge in [-0.1, -0.05) is 30.3 Å². The van der Waals surface area contributed by atoms with Crippen molar-refractivity contribution in [2.45, 2.75) is 63.2 Å². The molecule has 4 aliphatic heterocycles. The first-order valence-electron chi connectivity index (χ1n) is 19.8. The molecular weight excluding hydrogens is 715 g/mol. The van der Waals surface area contributed by atoms with E-state index in [2.05, 4.69) is 47.5 Å². The molecular formula is C42H46F2N10O2. The SMILES string of the molecule is O=C1CCC(Nc2ccccc2CN2CCC(N3CCN(c4cccc(-c5cnn6ccc(N7CCC[C@@H]7c7ccc(F)cc7F)nc56)n4)CC3)CC2)C(=O)N1. The second-order valence-electron chi connectivity index (χ2n) is 15.3. The maximum atomic E-state index is 14.8. The van der Waals surface area contributed by atoms with Gasteiger partial charge in [-0.3, -0.25) is 24.7 Å². The van der Waals surface area contributed by atoms with E-state index in [1.54, 1.807) is 16.8 Å². The Balaban J connectivity index is 0.813. The van der Waals surface area contributed by atoms with Gasteiger partial charge in [-0.25, -0.2) is 23.3 Å². The van der Waals surface area contributed by atoms with Crippen molar-refractivity contribution in [3.05, 3.63) is 102 Å². The summed E-state index contributed by atoms with van der Waals surface area (Å²) in [5, 5.41) is 10.4. The van der Waals surface area contributed by atoms with Crippen LogP contribution < -0.4 is 20.4 Å². The second-order valence-corrected chi connectivity index (χ2v) is 15.3. The molecule has 0 saturated carbocycles. The van der Waals surface area contributed by atoms with Crippen molar-refractivity contribution in [1.29, 1.82) is 0 Å². The lowest BCUT2D eigenvalue weighted by atomic mass is 10.0. The average Bonchev–Trinajstić information content (AvgIpc) is 3.88. The molecule has 4 fully saturated rings. The molecule has 56 heavy (non-hydrogen) atoms. The number of para-hydroxylation sites is 1. The number of benzene rings is 2. The van der Waals surface area contributed by atoms with E-state index in [9.17, 15) is 18.4 Å². The van der Waals surface area contributed by atoms with Crippen LogP contribution >= 0.6 is 0 Å². The number of anilines is 3. The van der Waals surface area contributed by atoms with Crippen LogP contribution in [0.5, 0.6) is 0 Å². The number of aromatic nitrogens is 4. The summed E-state index contributed by atoms with van der Waals surface area (Å²) in [4.78, 5) is 43.7. The van der Waals surface area contributed by atoms with E-state index in [-0.39, 0.29) is 17.9 Å². The molecule has 4 aliphatic rings. The number of pyridine rings is 1. The van der Waals surface area contributed by atoms with E-state index in [1.807, 2.05) is 42.6 Å². The van der Waals surface area contributed by atoms with Crippen LogP contribution in [0, 0.1) is 11.6 Å². The molecule has 2 amide bonds. The lowest BCUT2D eigenvalue weighted by Crippen LogP contribution is -2.53. The van der Waals surface area contributed by atoms with Gasteiger partial charge in [0.1, 0.15) is 29.3 Å². The van der Waals surface area contributed by atoms with Crippen molar-refractivity contribution < 1.29 is 18.4 Å². The Morgan fingerprint density at radius 2 is 1.66 bits per heavy atom. The molecule has 9 rings (SSSR count). The monoisotopic (exact) mass is 760 g/mol. The van der Waals surface area contributed by atoms with Crippen molar-refractivity contribution in [3.8, 4) is 11.3 Å². The number of imide groups is 1. The molecule has 2 aromatic carbocycles. The zero-order chi connectivity index (χ0) is 38.2. The van der Waals surface area contributed by atoms with Crippen LogP contribution in [-0.2, 0) is 16.1 Å². The Morgan fingerprint density at radius 1 is 0.821 bits per heavy atom. The van der Waals surface area contributed by atoms with E-state index in [1.165, 1.54) is 6.07 Å². The van der Waals surface area contributed by atoms with Gasteiger partial charge in [-0.05, 0) is 81.1 Å². The molecule has 2 atom stereocenters. The number of piperidine rings is 2. The smallest absolute Gasteiger partial charge is 0.249 e. The molecule has 4 saturated heterocycles. The van der Waals surface area contributed by atoms with Crippen LogP contribution in [0.15, 0.2) is 79.1 Å². The van der Waals surface area contributed by atoms with Crippen LogP contribution in [0.2, 0.25) is 0 Å². The number of carbonyl (C=O) groups is 2. The summed E-state index contributed by atoms with van der Waals surface area (Å²) >= 11 is 0. The summed E-state index contributed by atoms with van der Waals surface area (Å²) in [6.45, 7) is 7.30. The van der Waals surface area contributed by atoms with Gasteiger partial charge in [0.05, 0.1) is 23.5 Å². The number of nitrogens with zero attached hydrogens (tertiary/aromatic N) is 8. The molecule has 3 aromatic heterocycles. The number of halogens is 2. The summed E-state index contributed by atoms with van der Waals surface area (Å²) in [5.41, 5.74) is 4.92. The molecule has 7 heterocycles. The standard InChI is InChI=1S/C42H46F2N10O2/c43-29-10-11-31(33(44)25-29)37-8-4-17-53(37)39-16-20-54-41(48-39)32(26-45-54)35-7-3-9-38(47-35)52-23-21-51(22-24-52)30-14-18-50(19-15-30)27-28-5-1-2-6-34(28)46-36-12-13-40(55)49-42(36)56/h1-3,5-7,9-11,16,20,25-26,30,36-37,46H,4,8,12-15,17-19,21-24,27H2,(H,49,55,56)/t36?,37-/m1/s1. The maximum Gasteiger partial charge on any atom is 0.249 e. The number of nitrogens with one attached hydrogen (secondary N) is 2. The predicted molar refractivity (Wildman–Crippen MR) is 210 cm³/mol. The largest absolute Gasteiger partial charge is 0.373 e. The number of hydrogen-bond donors (Lipinski definition) is 2. The van der Waals surface area contributed by atoms with E-state index < -0.39 is 17.7 Å². The summed E-state index contributed by atoms with van der Waals surface area (Å²) in [6.07, 6.45) is 8.41. The van der Waals surface area contributed by atoms with Crippen LogP contribution in [0.25, 0.3) is 16.9 Å². The second kappa shape index (κ2) is 15.6. The van der Waals surface area contributed by atoms with Crippen molar-refractivity contribution >= 4 is 34.8 Å². The number of hydrogen-bond acceptors (Lipinski definition) is 10. The first kappa shape index (κ1) is 36.2. The minimum Gasteiger partial charge on any atom is -0.373 e. The van der Waals surface area contributed by atoms with Crippen molar-refractivity contribution in [2.24, 2.45) is 0 Å². The van der Waals surface area contributed by atoms with Gasteiger partial charge in [0.2, 0.25) is 11.8 Å². The van der Waals surface area contributed by atoms with E-state index >= 15 is 0 Å². The van der Waals surface area contributed by atoms with E-state index in [0.29, 0.717) is 30.1 Å². The predicted octanol–water partition coefficient (Wildman–Crippen LogP) is 5.41. The first-order valence-corrected chi connectivity index (χ1v) is 19.8. The number of rotatable bonds is 9. The number of piperazine rings is 1. The van der Waals surface area contributed by atoms with Crippen LogP contribution in [0.3, 0.4) is 0 Å². The molecule has 0 aliphatic carbocycles. The van der Waals surface area contributed by atoms with Crippen molar-refractivity contribution in [2.75, 3.05) is 60.9 Å². The Hall–Kier alpha value is -5.47. The zero-order valence-corrected chi connectivity index (χ0v) is 31.3. The van der Waals surface area contributed by atoms with Gasteiger partial charge >= 0.3 is 0 Å². The molecule has 0 spiro atoms. The van der Waals surface area contributed by atoms with E-state index in [4.69, 9.17) is 9.97 Å². The Kier molecular flexibility index (Phi) is 10.1. The summed E-state index contributed by atoms with van der Waals surface area (Å²) in [7, 11) is 0. The van der Waals surface area contributed by atoms with Crippen LogP contribution in [0.4, 0.5) is 26.1 Å². The highest BCUT2D eigenvalue weighted by molar-refractivity contribution is 6.01. The zero-order valence-electron chi connectivity index (χ0n) is 31.3. The quantitative estimate of drug-likeness (QED) is 0.189. The molecule has 12 nitrogen and oxygen atoms in total. The molecule has 0 radical (unpaired) electrons. The van der Waals surface area contributed by atoms with Gasteiger partial charge in [0.25, 0.3) is 0 Å². The topological polar surface area (TPSA) is 114 Å². The third kappa shape index (κ3) is 7.42. The van der Waals surface area contributed by atoms with Gasteiger partial charge in [0.15, 0.2) is 5.65 Å². The fraction of sp³-hybridized carbons (Fsp3) is 0.405. The van der Waals surface area contributed by atoms with Crippen LogP contribution in [0.1, 0.15) is 55.7 Å². The fourth-order valence-electron chi connectivity index (χ4n) is 8.90. The minimum absolute atomic E-state index is 0.206. The van der Waals surface area contributed by atoms with Gasteiger partial charge in [-0.15, -0.1) is 0 Å². The Labute approximate surface area is 324 Å². The lowest BCUT2D eigenvalue weighted by molar-refractivity contribution is -0.133. The van der Waals surface area contributed by atoms with E-state index in [0.717, 1.165) is 118 Å². The molecule has 0 bridgehead atoms. The Morgan fingerprint density at radius 3 is 2.48 bits per heavy atom. The third-order valence-electron chi connectivity index (χ3n) is 11.9. The summed E-state index contributed by atoms with van der Waals surface area (Å²) < 4.78 is 30.2. The Bertz CT molecular complexity index is 2230. The number of amides is 2. The molecule has 14 heteroatoms. The highest BCUT2D eigenvalue weighted by Crippen LogP contribution is 2.37. The van der Waals surface area contributed by atoms with Gasteiger partial charge in [-0.2, -0.15) is 5.10 Å². The average molecular weight is 761 g/mol. The summed E-state index contributed by atoms with van der Waals surface area (Å²) in [5.74, 6) is 0.0981. The highest BCUT2D eigenvalue weighted by atomic mass is 19.1. The maximum absolute atomic E-state index is 14.8.